The molecule has 0 amide bonds. The largest absolute Gasteiger partial charge is 0.496 e. The van der Waals surface area contributed by atoms with E-state index in [1.807, 2.05) is 48.5 Å². The summed E-state index contributed by atoms with van der Waals surface area (Å²) in [5.74, 6) is -0.807. The number of hydrogen-bond donors (Lipinski definition) is 1. The number of halogens is 1. The van der Waals surface area contributed by atoms with Gasteiger partial charge in [0.1, 0.15) is 18.3 Å². The molecule has 4 rings (SSSR count). The average molecular weight is 482 g/mol. The minimum absolute atomic E-state index is 0.0686. The van der Waals surface area contributed by atoms with E-state index in [0.717, 1.165) is 34.1 Å². The zero-order valence-corrected chi connectivity index (χ0v) is 18.9. The van der Waals surface area contributed by atoms with E-state index in [2.05, 4.69) is 27.8 Å². The Balaban J connectivity index is 1.72. The molecule has 0 aromatic heterocycles. The van der Waals surface area contributed by atoms with Gasteiger partial charge in [-0.3, -0.25) is 9.59 Å². The SMILES string of the molecule is C=C1NC2=C(C(=O)CCC2)C(c2ccc(OC)c(Br)c2)C1C(=O)OCc1ccccc1. The van der Waals surface area contributed by atoms with E-state index in [1.165, 1.54) is 0 Å². The van der Waals surface area contributed by atoms with Crippen LogP contribution < -0.4 is 10.1 Å². The van der Waals surface area contributed by atoms with E-state index in [0.29, 0.717) is 23.4 Å². The van der Waals surface area contributed by atoms with Crippen LogP contribution in [-0.4, -0.2) is 18.9 Å². The molecule has 5 nitrogen and oxygen atoms in total. The summed E-state index contributed by atoms with van der Waals surface area (Å²) < 4.78 is 11.8. The molecule has 1 heterocycles. The number of hydrogen-bond acceptors (Lipinski definition) is 5. The van der Waals surface area contributed by atoms with Gasteiger partial charge in [0.05, 0.1) is 11.6 Å². The van der Waals surface area contributed by atoms with Crippen LogP contribution in [-0.2, 0) is 20.9 Å². The summed E-state index contributed by atoms with van der Waals surface area (Å²) in [5.41, 5.74) is 3.84. The molecule has 0 radical (unpaired) electrons. The predicted octanol–water partition coefficient (Wildman–Crippen LogP) is 5.02. The fourth-order valence-corrected chi connectivity index (χ4v) is 4.88. The Hall–Kier alpha value is -2.86. The number of nitrogens with one attached hydrogen (secondary N) is 1. The van der Waals surface area contributed by atoms with E-state index < -0.39 is 17.8 Å². The van der Waals surface area contributed by atoms with Gasteiger partial charge in [0.2, 0.25) is 0 Å². The molecule has 31 heavy (non-hydrogen) atoms. The standard InChI is InChI=1S/C25H24BrNO4/c1-15-22(25(29)31-14-16-7-4-3-5-8-16)23(17-11-12-21(30-2)18(26)13-17)24-19(27-15)9-6-10-20(24)28/h3-5,7-8,11-13,22-23,27H,1,6,9-10,14H2,2H3. The Morgan fingerprint density at radius 3 is 2.68 bits per heavy atom. The molecule has 0 spiro atoms. The third-order valence-electron chi connectivity index (χ3n) is 5.80. The maximum Gasteiger partial charge on any atom is 0.316 e. The van der Waals surface area contributed by atoms with Crippen molar-refractivity contribution in [2.75, 3.05) is 7.11 Å². The molecule has 2 unspecified atom stereocenters. The zero-order valence-electron chi connectivity index (χ0n) is 17.3. The van der Waals surface area contributed by atoms with Crippen molar-refractivity contribution in [1.82, 2.24) is 5.32 Å². The van der Waals surface area contributed by atoms with E-state index in [1.54, 1.807) is 7.11 Å². The zero-order chi connectivity index (χ0) is 22.0. The van der Waals surface area contributed by atoms with Crippen molar-refractivity contribution in [3.63, 3.8) is 0 Å². The van der Waals surface area contributed by atoms with Gasteiger partial charge in [0.15, 0.2) is 5.78 Å². The molecule has 0 fully saturated rings. The van der Waals surface area contributed by atoms with Gasteiger partial charge in [-0.2, -0.15) is 0 Å². The number of esters is 1. The summed E-state index contributed by atoms with van der Waals surface area (Å²) in [6, 6.07) is 15.2. The molecule has 2 aromatic carbocycles. The van der Waals surface area contributed by atoms with Crippen molar-refractivity contribution in [2.45, 2.75) is 31.8 Å². The highest BCUT2D eigenvalue weighted by Crippen LogP contribution is 2.45. The smallest absolute Gasteiger partial charge is 0.316 e. The first-order valence-electron chi connectivity index (χ1n) is 10.3. The van der Waals surface area contributed by atoms with Gasteiger partial charge in [-0.15, -0.1) is 0 Å². The Morgan fingerprint density at radius 2 is 1.97 bits per heavy atom. The fourth-order valence-electron chi connectivity index (χ4n) is 4.33. The molecule has 1 N–H and O–H groups in total. The van der Waals surface area contributed by atoms with Crippen LogP contribution >= 0.6 is 15.9 Å². The second-order valence-corrected chi connectivity index (χ2v) is 8.62. The summed E-state index contributed by atoms with van der Waals surface area (Å²) in [5, 5.41) is 3.24. The van der Waals surface area contributed by atoms with Crippen molar-refractivity contribution in [3.05, 3.63) is 87.7 Å². The number of carbonyl (C=O) groups excluding carboxylic acids is 2. The number of benzene rings is 2. The summed E-state index contributed by atoms with van der Waals surface area (Å²) in [7, 11) is 1.60. The van der Waals surface area contributed by atoms with E-state index >= 15 is 0 Å². The van der Waals surface area contributed by atoms with Gasteiger partial charge in [-0.05, 0) is 52.0 Å². The van der Waals surface area contributed by atoms with E-state index in [4.69, 9.17) is 9.47 Å². The van der Waals surface area contributed by atoms with Crippen LogP contribution in [0.4, 0.5) is 0 Å². The highest BCUT2D eigenvalue weighted by molar-refractivity contribution is 9.10. The molecule has 0 saturated heterocycles. The van der Waals surface area contributed by atoms with Gasteiger partial charge in [-0.1, -0.05) is 43.0 Å². The Kier molecular flexibility index (Phi) is 6.28. The molecule has 1 aliphatic carbocycles. The molecule has 2 atom stereocenters. The van der Waals surface area contributed by atoms with Crippen molar-refractivity contribution in [2.24, 2.45) is 5.92 Å². The highest BCUT2D eigenvalue weighted by Gasteiger charge is 2.44. The van der Waals surface area contributed by atoms with E-state index in [9.17, 15) is 9.59 Å². The first-order chi connectivity index (χ1) is 15.0. The molecule has 0 bridgehead atoms. The molecule has 0 saturated carbocycles. The molecule has 2 aliphatic rings. The number of ketones is 1. The summed E-state index contributed by atoms with van der Waals surface area (Å²) >= 11 is 3.53. The van der Waals surface area contributed by atoms with Gasteiger partial charge in [0, 0.05) is 29.3 Å². The lowest BCUT2D eigenvalue weighted by Gasteiger charge is -2.38. The number of ether oxygens (including phenoxy) is 2. The summed E-state index contributed by atoms with van der Waals surface area (Å²) in [4.78, 5) is 26.2. The maximum atomic E-state index is 13.3. The molecule has 160 valence electrons. The van der Waals surface area contributed by atoms with Gasteiger partial charge < -0.3 is 14.8 Å². The second kappa shape index (κ2) is 9.10. The quantitative estimate of drug-likeness (QED) is 0.607. The van der Waals surface area contributed by atoms with Crippen LogP contribution in [0.2, 0.25) is 0 Å². The first-order valence-corrected chi connectivity index (χ1v) is 11.0. The van der Waals surface area contributed by atoms with Gasteiger partial charge in [-0.25, -0.2) is 0 Å². The number of carbonyl (C=O) groups is 2. The maximum absolute atomic E-state index is 13.3. The summed E-state index contributed by atoms with van der Waals surface area (Å²) in [6.07, 6.45) is 2.03. The van der Waals surface area contributed by atoms with Gasteiger partial charge >= 0.3 is 5.97 Å². The Bertz CT molecular complexity index is 1060. The lowest BCUT2D eigenvalue weighted by atomic mass is 9.71. The number of allylic oxidation sites excluding steroid dienone is 2. The van der Waals surface area contributed by atoms with Crippen LogP contribution in [0.5, 0.6) is 5.75 Å². The molecule has 1 aliphatic heterocycles. The van der Waals surface area contributed by atoms with Crippen LogP contribution in [0.25, 0.3) is 0 Å². The van der Waals surface area contributed by atoms with Crippen molar-refractivity contribution >= 4 is 27.7 Å². The normalized spacial score (nSPS) is 20.7. The van der Waals surface area contributed by atoms with Crippen LogP contribution in [0, 0.1) is 5.92 Å². The highest BCUT2D eigenvalue weighted by atomic mass is 79.9. The number of methoxy groups -OCH3 is 1. The lowest BCUT2D eigenvalue weighted by molar-refractivity contribution is -0.149. The molecular formula is C25H24BrNO4. The van der Waals surface area contributed by atoms with E-state index in [-0.39, 0.29) is 12.4 Å². The third kappa shape index (κ3) is 4.30. The predicted molar refractivity (Wildman–Crippen MR) is 121 cm³/mol. The topological polar surface area (TPSA) is 64.6 Å². The molecular weight excluding hydrogens is 458 g/mol. The summed E-state index contributed by atoms with van der Waals surface area (Å²) in [6.45, 7) is 4.29. The first kappa shape index (κ1) is 21.4. The second-order valence-electron chi connectivity index (χ2n) is 7.76. The average Bonchev–Trinajstić information content (AvgIpc) is 2.77. The van der Waals surface area contributed by atoms with Crippen molar-refractivity contribution in [3.8, 4) is 5.75 Å². The van der Waals surface area contributed by atoms with Crippen LogP contribution in [0.15, 0.2) is 76.5 Å². The van der Waals surface area contributed by atoms with Crippen LogP contribution in [0.3, 0.4) is 0 Å². The van der Waals surface area contributed by atoms with Gasteiger partial charge in [0.25, 0.3) is 0 Å². The minimum Gasteiger partial charge on any atom is -0.496 e. The lowest BCUT2D eigenvalue weighted by Crippen LogP contribution is -2.41. The van der Waals surface area contributed by atoms with Crippen LogP contribution in [0.1, 0.15) is 36.3 Å². The Labute approximate surface area is 190 Å². The molecule has 2 aromatic rings. The Morgan fingerprint density at radius 1 is 1.19 bits per heavy atom. The van der Waals surface area contributed by atoms with Crippen molar-refractivity contribution < 1.29 is 19.1 Å². The number of rotatable bonds is 5. The minimum atomic E-state index is -0.704. The molecule has 6 heteroatoms. The monoisotopic (exact) mass is 481 g/mol. The fraction of sp³-hybridized carbons (Fsp3) is 0.280. The third-order valence-corrected chi connectivity index (χ3v) is 6.42. The number of Topliss-reactive ketones (excluding diaryl/α,β-unsaturated/α-hetero) is 1. The van der Waals surface area contributed by atoms with Crippen molar-refractivity contribution in [1.29, 1.82) is 0 Å².